The molecule has 4 heteroatoms. The van der Waals surface area contributed by atoms with Crippen LogP contribution >= 0.6 is 0 Å². The molecule has 0 heterocycles. The zero-order valence-electron chi connectivity index (χ0n) is 10.9. The molecule has 0 aliphatic rings. The van der Waals surface area contributed by atoms with Gasteiger partial charge in [-0.25, -0.2) is 4.39 Å². The summed E-state index contributed by atoms with van der Waals surface area (Å²) in [6.07, 6.45) is 1.67. The molecule has 0 aliphatic carbocycles. The number of aryl methyl sites for hydroxylation is 1. The van der Waals surface area contributed by atoms with Gasteiger partial charge in [0.2, 0.25) is 0 Å². The second-order valence-corrected chi connectivity index (χ2v) is 4.65. The number of halogens is 1. The second-order valence-electron chi connectivity index (χ2n) is 4.65. The standard InChI is InChI=1S/C14H20FNO2/c1-10(9-17)4-3-7-16-14(18)13-8-12(15)6-5-11(13)2/h5-6,8,10,17H,3-4,7,9H2,1-2H3,(H,16,18). The average Bonchev–Trinajstić information content (AvgIpc) is 2.36. The summed E-state index contributed by atoms with van der Waals surface area (Å²) in [5, 5.41) is 11.6. The lowest BCUT2D eigenvalue weighted by molar-refractivity contribution is 0.0951. The van der Waals surface area contributed by atoms with Crippen LogP contribution in [0.2, 0.25) is 0 Å². The van der Waals surface area contributed by atoms with Crippen molar-refractivity contribution < 1.29 is 14.3 Å². The number of carbonyl (C=O) groups is 1. The van der Waals surface area contributed by atoms with E-state index in [4.69, 9.17) is 5.11 Å². The molecule has 1 rings (SSSR count). The molecule has 1 unspecified atom stereocenters. The molecule has 0 aliphatic heterocycles. The Labute approximate surface area is 107 Å². The van der Waals surface area contributed by atoms with Crippen LogP contribution in [0.3, 0.4) is 0 Å². The molecule has 0 spiro atoms. The van der Waals surface area contributed by atoms with E-state index in [1.54, 1.807) is 13.0 Å². The van der Waals surface area contributed by atoms with Gasteiger partial charge >= 0.3 is 0 Å². The molecule has 0 radical (unpaired) electrons. The van der Waals surface area contributed by atoms with Crippen LogP contribution in [0.5, 0.6) is 0 Å². The van der Waals surface area contributed by atoms with Gasteiger partial charge in [0.25, 0.3) is 5.91 Å². The van der Waals surface area contributed by atoms with E-state index in [1.807, 2.05) is 6.92 Å². The molecule has 0 fully saturated rings. The van der Waals surface area contributed by atoms with Gasteiger partial charge in [0, 0.05) is 18.7 Å². The lowest BCUT2D eigenvalue weighted by atomic mass is 10.1. The molecule has 1 atom stereocenters. The first-order valence-electron chi connectivity index (χ1n) is 6.19. The fourth-order valence-electron chi connectivity index (χ4n) is 1.68. The molecular weight excluding hydrogens is 233 g/mol. The van der Waals surface area contributed by atoms with Crippen LogP contribution in [0.15, 0.2) is 18.2 Å². The van der Waals surface area contributed by atoms with Crippen molar-refractivity contribution in [3.05, 3.63) is 35.1 Å². The number of carbonyl (C=O) groups excluding carboxylic acids is 1. The van der Waals surface area contributed by atoms with E-state index in [0.29, 0.717) is 12.1 Å². The lowest BCUT2D eigenvalue weighted by Gasteiger charge is -2.09. The molecule has 1 aromatic rings. The van der Waals surface area contributed by atoms with Crippen LogP contribution in [-0.4, -0.2) is 24.2 Å². The third-order valence-corrected chi connectivity index (χ3v) is 2.92. The fraction of sp³-hybridized carbons (Fsp3) is 0.500. The van der Waals surface area contributed by atoms with E-state index in [1.165, 1.54) is 12.1 Å². The Bertz CT molecular complexity index is 407. The number of amides is 1. The highest BCUT2D eigenvalue weighted by atomic mass is 19.1. The molecule has 1 aromatic carbocycles. The van der Waals surface area contributed by atoms with Crippen LogP contribution in [0.1, 0.15) is 35.7 Å². The van der Waals surface area contributed by atoms with Gasteiger partial charge in [-0.05, 0) is 43.4 Å². The zero-order valence-corrected chi connectivity index (χ0v) is 10.9. The van der Waals surface area contributed by atoms with Crippen LogP contribution in [-0.2, 0) is 0 Å². The van der Waals surface area contributed by atoms with Crippen molar-refractivity contribution in [2.45, 2.75) is 26.7 Å². The zero-order chi connectivity index (χ0) is 13.5. The van der Waals surface area contributed by atoms with Gasteiger partial charge in [0.15, 0.2) is 0 Å². The van der Waals surface area contributed by atoms with Gasteiger partial charge in [0.05, 0.1) is 0 Å². The van der Waals surface area contributed by atoms with E-state index < -0.39 is 5.82 Å². The Morgan fingerprint density at radius 1 is 1.50 bits per heavy atom. The first kappa shape index (κ1) is 14.6. The number of benzene rings is 1. The first-order valence-corrected chi connectivity index (χ1v) is 6.19. The Morgan fingerprint density at radius 2 is 2.22 bits per heavy atom. The van der Waals surface area contributed by atoms with Crippen LogP contribution in [0.4, 0.5) is 4.39 Å². The van der Waals surface area contributed by atoms with Crippen molar-refractivity contribution in [1.82, 2.24) is 5.32 Å². The van der Waals surface area contributed by atoms with Crippen LogP contribution < -0.4 is 5.32 Å². The summed E-state index contributed by atoms with van der Waals surface area (Å²) in [7, 11) is 0. The van der Waals surface area contributed by atoms with Crippen LogP contribution in [0.25, 0.3) is 0 Å². The largest absolute Gasteiger partial charge is 0.396 e. The van der Waals surface area contributed by atoms with Crippen LogP contribution in [0, 0.1) is 18.7 Å². The number of hydrogen-bond donors (Lipinski definition) is 2. The first-order chi connectivity index (χ1) is 8.54. The lowest BCUT2D eigenvalue weighted by Crippen LogP contribution is -2.25. The third-order valence-electron chi connectivity index (χ3n) is 2.92. The molecule has 1 amide bonds. The summed E-state index contributed by atoms with van der Waals surface area (Å²) in [5.74, 6) is -0.402. The Hall–Kier alpha value is -1.42. The van der Waals surface area contributed by atoms with Crippen molar-refractivity contribution in [2.24, 2.45) is 5.92 Å². The van der Waals surface area contributed by atoms with E-state index in [-0.39, 0.29) is 18.4 Å². The van der Waals surface area contributed by atoms with Crippen molar-refractivity contribution >= 4 is 5.91 Å². The highest BCUT2D eigenvalue weighted by molar-refractivity contribution is 5.95. The maximum atomic E-state index is 13.0. The van der Waals surface area contributed by atoms with Gasteiger partial charge in [0.1, 0.15) is 5.82 Å². The van der Waals surface area contributed by atoms with E-state index in [0.717, 1.165) is 18.4 Å². The number of nitrogens with one attached hydrogen (secondary N) is 1. The predicted octanol–water partition coefficient (Wildman–Crippen LogP) is 2.27. The summed E-state index contributed by atoms with van der Waals surface area (Å²) < 4.78 is 13.0. The molecule has 0 aromatic heterocycles. The molecule has 100 valence electrons. The smallest absolute Gasteiger partial charge is 0.251 e. The number of aliphatic hydroxyl groups is 1. The van der Waals surface area contributed by atoms with E-state index in [2.05, 4.69) is 5.32 Å². The summed E-state index contributed by atoms with van der Waals surface area (Å²) in [6.45, 7) is 4.44. The molecule has 0 saturated heterocycles. The van der Waals surface area contributed by atoms with Gasteiger partial charge in [-0.3, -0.25) is 4.79 Å². The predicted molar refractivity (Wildman–Crippen MR) is 69.0 cm³/mol. The van der Waals surface area contributed by atoms with Gasteiger partial charge in [-0.1, -0.05) is 13.0 Å². The molecular formula is C14H20FNO2. The van der Waals surface area contributed by atoms with E-state index in [9.17, 15) is 9.18 Å². The number of hydrogen-bond acceptors (Lipinski definition) is 2. The molecule has 3 nitrogen and oxygen atoms in total. The monoisotopic (exact) mass is 253 g/mol. The quantitative estimate of drug-likeness (QED) is 0.764. The highest BCUT2D eigenvalue weighted by Gasteiger charge is 2.09. The second kappa shape index (κ2) is 7.11. The number of aliphatic hydroxyl groups excluding tert-OH is 1. The Balaban J connectivity index is 2.43. The normalized spacial score (nSPS) is 12.2. The van der Waals surface area contributed by atoms with Crippen molar-refractivity contribution in [1.29, 1.82) is 0 Å². The average molecular weight is 253 g/mol. The minimum absolute atomic E-state index is 0.164. The summed E-state index contributed by atoms with van der Waals surface area (Å²) >= 11 is 0. The minimum atomic E-state index is -0.403. The Kier molecular flexibility index (Phi) is 5.78. The SMILES string of the molecule is Cc1ccc(F)cc1C(=O)NCCCC(C)CO. The summed E-state index contributed by atoms with van der Waals surface area (Å²) in [6, 6.07) is 4.19. The molecule has 0 bridgehead atoms. The van der Waals surface area contributed by atoms with Crippen molar-refractivity contribution in [2.75, 3.05) is 13.2 Å². The fourth-order valence-corrected chi connectivity index (χ4v) is 1.68. The number of rotatable bonds is 6. The maximum Gasteiger partial charge on any atom is 0.251 e. The van der Waals surface area contributed by atoms with Gasteiger partial charge < -0.3 is 10.4 Å². The summed E-state index contributed by atoms with van der Waals surface area (Å²) in [4.78, 5) is 11.8. The third kappa shape index (κ3) is 4.45. The molecule has 2 N–H and O–H groups in total. The highest BCUT2D eigenvalue weighted by Crippen LogP contribution is 2.10. The maximum absolute atomic E-state index is 13.0. The molecule has 0 saturated carbocycles. The molecule has 18 heavy (non-hydrogen) atoms. The topological polar surface area (TPSA) is 49.3 Å². The van der Waals surface area contributed by atoms with Gasteiger partial charge in [-0.15, -0.1) is 0 Å². The van der Waals surface area contributed by atoms with Gasteiger partial charge in [-0.2, -0.15) is 0 Å². The van der Waals surface area contributed by atoms with E-state index >= 15 is 0 Å². The minimum Gasteiger partial charge on any atom is -0.396 e. The van der Waals surface area contributed by atoms with Crippen molar-refractivity contribution in [3.8, 4) is 0 Å². The van der Waals surface area contributed by atoms with Crippen molar-refractivity contribution in [3.63, 3.8) is 0 Å². The Morgan fingerprint density at radius 3 is 2.89 bits per heavy atom. The summed E-state index contributed by atoms with van der Waals surface area (Å²) in [5.41, 5.74) is 1.14.